The summed E-state index contributed by atoms with van der Waals surface area (Å²) in [5.41, 5.74) is 3.42. The van der Waals surface area contributed by atoms with Gasteiger partial charge in [0, 0.05) is 12.5 Å². The van der Waals surface area contributed by atoms with Gasteiger partial charge in [0.15, 0.2) is 0 Å². The van der Waals surface area contributed by atoms with Crippen LogP contribution in [0.5, 0.6) is 0 Å². The summed E-state index contributed by atoms with van der Waals surface area (Å²) in [4.78, 5) is 15.1. The SMILES string of the molecule is Cc1nc2cc(CCCC(=O)O)ccc2n1C1CC1. The van der Waals surface area contributed by atoms with Crippen molar-refractivity contribution in [3.63, 3.8) is 0 Å². The van der Waals surface area contributed by atoms with E-state index in [1.165, 1.54) is 23.9 Å². The zero-order valence-corrected chi connectivity index (χ0v) is 11.1. The van der Waals surface area contributed by atoms with Crippen LogP contribution < -0.4 is 0 Å². The normalized spacial score (nSPS) is 15.0. The minimum Gasteiger partial charge on any atom is -0.481 e. The second kappa shape index (κ2) is 4.68. The maximum atomic E-state index is 10.5. The Balaban J connectivity index is 1.83. The number of carboxylic acid groups (broad SMARTS) is 1. The van der Waals surface area contributed by atoms with Gasteiger partial charge in [-0.05, 0) is 50.3 Å². The molecule has 2 aromatic rings. The van der Waals surface area contributed by atoms with Crippen LogP contribution in [0.25, 0.3) is 11.0 Å². The van der Waals surface area contributed by atoms with Gasteiger partial charge in [0.25, 0.3) is 0 Å². The van der Waals surface area contributed by atoms with E-state index < -0.39 is 5.97 Å². The lowest BCUT2D eigenvalue weighted by molar-refractivity contribution is -0.137. The largest absolute Gasteiger partial charge is 0.481 e. The van der Waals surface area contributed by atoms with E-state index in [4.69, 9.17) is 5.11 Å². The lowest BCUT2D eigenvalue weighted by Gasteiger charge is -2.04. The predicted molar refractivity (Wildman–Crippen MR) is 73.3 cm³/mol. The maximum Gasteiger partial charge on any atom is 0.303 e. The second-order valence-corrected chi connectivity index (χ2v) is 5.33. The van der Waals surface area contributed by atoms with Gasteiger partial charge in [0.05, 0.1) is 11.0 Å². The zero-order chi connectivity index (χ0) is 13.4. The molecule has 19 heavy (non-hydrogen) atoms. The molecule has 4 heteroatoms. The summed E-state index contributed by atoms with van der Waals surface area (Å²) in [5, 5.41) is 8.66. The number of rotatable bonds is 5. The molecule has 0 saturated heterocycles. The smallest absolute Gasteiger partial charge is 0.303 e. The van der Waals surface area contributed by atoms with Crippen molar-refractivity contribution in [2.45, 2.75) is 45.1 Å². The number of aryl methyl sites for hydroxylation is 2. The average Bonchev–Trinajstić information content (AvgIpc) is 3.11. The van der Waals surface area contributed by atoms with Gasteiger partial charge in [-0.1, -0.05) is 6.07 Å². The summed E-state index contributed by atoms with van der Waals surface area (Å²) < 4.78 is 2.33. The Hall–Kier alpha value is -1.84. The zero-order valence-electron chi connectivity index (χ0n) is 11.1. The summed E-state index contributed by atoms with van der Waals surface area (Å²) in [6.45, 7) is 2.06. The highest BCUT2D eigenvalue weighted by Crippen LogP contribution is 2.38. The molecular weight excluding hydrogens is 240 g/mol. The van der Waals surface area contributed by atoms with Crippen LogP contribution in [0, 0.1) is 6.92 Å². The molecule has 0 amide bonds. The van der Waals surface area contributed by atoms with Gasteiger partial charge in [-0.3, -0.25) is 4.79 Å². The molecule has 0 spiro atoms. The van der Waals surface area contributed by atoms with Gasteiger partial charge in [0.2, 0.25) is 0 Å². The van der Waals surface area contributed by atoms with Gasteiger partial charge in [-0.15, -0.1) is 0 Å². The van der Waals surface area contributed by atoms with E-state index in [0.29, 0.717) is 12.5 Å². The first kappa shape index (κ1) is 12.2. The van der Waals surface area contributed by atoms with Crippen LogP contribution in [0.3, 0.4) is 0 Å². The highest BCUT2D eigenvalue weighted by Gasteiger charge is 2.26. The molecule has 0 atom stereocenters. The van der Waals surface area contributed by atoms with Crippen LogP contribution in [0.4, 0.5) is 0 Å². The molecule has 3 rings (SSSR count). The van der Waals surface area contributed by atoms with Crippen LogP contribution in [-0.4, -0.2) is 20.6 Å². The van der Waals surface area contributed by atoms with Crippen LogP contribution in [0.15, 0.2) is 18.2 Å². The summed E-state index contributed by atoms with van der Waals surface area (Å²) in [7, 11) is 0. The molecular formula is C15H18N2O2. The number of carboxylic acids is 1. The Morgan fingerprint density at radius 2 is 2.26 bits per heavy atom. The van der Waals surface area contributed by atoms with Crippen molar-refractivity contribution >= 4 is 17.0 Å². The minimum atomic E-state index is -0.727. The van der Waals surface area contributed by atoms with Crippen LogP contribution in [0.1, 0.15) is 43.1 Å². The number of imidazole rings is 1. The van der Waals surface area contributed by atoms with E-state index in [0.717, 1.165) is 17.8 Å². The van der Waals surface area contributed by atoms with Crippen molar-refractivity contribution in [3.05, 3.63) is 29.6 Å². The van der Waals surface area contributed by atoms with Gasteiger partial charge < -0.3 is 9.67 Å². The Bertz CT molecular complexity index is 626. The fraction of sp³-hybridized carbons (Fsp3) is 0.467. The molecule has 1 aliphatic rings. The molecule has 1 aromatic heterocycles. The molecule has 1 N–H and O–H groups in total. The van der Waals surface area contributed by atoms with E-state index in [2.05, 4.69) is 34.7 Å². The van der Waals surface area contributed by atoms with E-state index in [9.17, 15) is 4.79 Å². The van der Waals surface area contributed by atoms with Crippen molar-refractivity contribution in [1.29, 1.82) is 0 Å². The van der Waals surface area contributed by atoms with Crippen molar-refractivity contribution in [1.82, 2.24) is 9.55 Å². The highest BCUT2D eigenvalue weighted by atomic mass is 16.4. The van der Waals surface area contributed by atoms with Crippen molar-refractivity contribution < 1.29 is 9.90 Å². The Morgan fingerprint density at radius 3 is 2.95 bits per heavy atom. The lowest BCUT2D eigenvalue weighted by atomic mass is 10.1. The molecule has 1 heterocycles. The van der Waals surface area contributed by atoms with Gasteiger partial charge in [-0.2, -0.15) is 0 Å². The number of benzene rings is 1. The Morgan fingerprint density at radius 1 is 1.47 bits per heavy atom. The number of aromatic nitrogens is 2. The number of hydrogen-bond donors (Lipinski definition) is 1. The standard InChI is InChI=1S/C15H18N2O2/c1-10-16-13-9-11(3-2-4-15(18)19)5-8-14(13)17(10)12-6-7-12/h5,8-9,12H,2-4,6-7H2,1H3,(H,18,19). The first-order valence-electron chi connectivity index (χ1n) is 6.84. The molecule has 1 aliphatic carbocycles. The Kier molecular flexibility index (Phi) is 3.01. The summed E-state index contributed by atoms with van der Waals surface area (Å²) >= 11 is 0. The summed E-state index contributed by atoms with van der Waals surface area (Å²) in [5.74, 6) is 0.357. The number of nitrogens with zero attached hydrogens (tertiary/aromatic N) is 2. The van der Waals surface area contributed by atoms with Gasteiger partial charge in [-0.25, -0.2) is 4.98 Å². The average molecular weight is 258 g/mol. The molecule has 4 nitrogen and oxygen atoms in total. The molecule has 100 valence electrons. The van der Waals surface area contributed by atoms with Crippen molar-refractivity contribution in [2.75, 3.05) is 0 Å². The lowest BCUT2D eigenvalue weighted by Crippen LogP contribution is -1.97. The summed E-state index contributed by atoms with van der Waals surface area (Å²) in [6.07, 6.45) is 4.23. The highest BCUT2D eigenvalue weighted by molar-refractivity contribution is 5.77. The topological polar surface area (TPSA) is 55.1 Å². The number of fused-ring (bicyclic) bond motifs is 1. The molecule has 0 radical (unpaired) electrons. The maximum absolute atomic E-state index is 10.5. The first-order chi connectivity index (χ1) is 9.15. The number of hydrogen-bond acceptors (Lipinski definition) is 2. The molecule has 0 unspecified atom stereocenters. The quantitative estimate of drug-likeness (QED) is 0.896. The van der Waals surface area contributed by atoms with Gasteiger partial charge >= 0.3 is 5.97 Å². The van der Waals surface area contributed by atoms with E-state index in [-0.39, 0.29) is 6.42 Å². The number of aliphatic carboxylic acids is 1. The first-order valence-corrected chi connectivity index (χ1v) is 6.84. The van der Waals surface area contributed by atoms with Crippen LogP contribution >= 0.6 is 0 Å². The van der Waals surface area contributed by atoms with E-state index >= 15 is 0 Å². The number of carbonyl (C=O) groups is 1. The van der Waals surface area contributed by atoms with E-state index in [1.807, 2.05) is 0 Å². The van der Waals surface area contributed by atoms with Crippen LogP contribution in [0.2, 0.25) is 0 Å². The monoisotopic (exact) mass is 258 g/mol. The predicted octanol–water partition coefficient (Wildman–Crippen LogP) is 3.09. The van der Waals surface area contributed by atoms with Crippen molar-refractivity contribution in [2.24, 2.45) is 0 Å². The van der Waals surface area contributed by atoms with E-state index in [1.54, 1.807) is 0 Å². The summed E-state index contributed by atoms with van der Waals surface area (Å²) in [6, 6.07) is 6.97. The third-order valence-electron chi connectivity index (χ3n) is 3.70. The molecule has 0 bridgehead atoms. The molecule has 1 aromatic carbocycles. The fourth-order valence-corrected chi connectivity index (χ4v) is 2.66. The third kappa shape index (κ3) is 2.48. The molecule has 1 fully saturated rings. The molecule has 0 aliphatic heterocycles. The third-order valence-corrected chi connectivity index (χ3v) is 3.70. The fourth-order valence-electron chi connectivity index (χ4n) is 2.66. The molecule has 1 saturated carbocycles. The van der Waals surface area contributed by atoms with Gasteiger partial charge in [0.1, 0.15) is 5.82 Å². The second-order valence-electron chi connectivity index (χ2n) is 5.33. The Labute approximate surface area is 112 Å². The van der Waals surface area contributed by atoms with Crippen LogP contribution in [-0.2, 0) is 11.2 Å². The van der Waals surface area contributed by atoms with Crippen molar-refractivity contribution in [3.8, 4) is 0 Å². The minimum absolute atomic E-state index is 0.230.